The fourth-order valence-corrected chi connectivity index (χ4v) is 1.33. The molecule has 0 atom stereocenters. The van der Waals surface area contributed by atoms with Crippen molar-refractivity contribution in [1.82, 2.24) is 5.32 Å². The van der Waals surface area contributed by atoms with E-state index in [-0.39, 0.29) is 12.4 Å². The number of benzene rings is 1. The number of hydrogen-bond donors (Lipinski definition) is 2. The zero-order valence-corrected chi connectivity index (χ0v) is 11.0. The molecule has 1 rings (SSSR count). The Labute approximate surface area is 111 Å². The number of nitrogens with zero attached hydrogens (tertiary/aromatic N) is 1. The standard InChI is InChI=1S/C13H19F2N3O/c1-2-3-6-17-13(16)18-7-8-19-10-4-5-11(14)12(15)9-10/h4-5,9H,2-3,6-8H2,1H3,(H3,16,17,18). The first-order valence-corrected chi connectivity index (χ1v) is 6.25. The maximum atomic E-state index is 12.9. The predicted molar refractivity (Wildman–Crippen MR) is 71.3 cm³/mol. The van der Waals surface area contributed by atoms with Crippen LogP contribution in [0, 0.1) is 11.6 Å². The van der Waals surface area contributed by atoms with Crippen LogP contribution in [0.1, 0.15) is 19.8 Å². The molecule has 1 aromatic rings. The van der Waals surface area contributed by atoms with Crippen LogP contribution >= 0.6 is 0 Å². The topological polar surface area (TPSA) is 59.6 Å². The zero-order chi connectivity index (χ0) is 14.1. The Hall–Kier alpha value is -1.85. The van der Waals surface area contributed by atoms with Crippen LogP contribution in [0.15, 0.2) is 23.2 Å². The van der Waals surface area contributed by atoms with Gasteiger partial charge in [0.15, 0.2) is 17.6 Å². The van der Waals surface area contributed by atoms with Gasteiger partial charge in [-0.25, -0.2) is 8.78 Å². The van der Waals surface area contributed by atoms with Gasteiger partial charge in [-0.05, 0) is 18.6 Å². The van der Waals surface area contributed by atoms with Crippen LogP contribution in [-0.4, -0.2) is 25.7 Å². The van der Waals surface area contributed by atoms with Crippen molar-refractivity contribution in [3.8, 4) is 5.75 Å². The van der Waals surface area contributed by atoms with Gasteiger partial charge in [-0.1, -0.05) is 13.3 Å². The van der Waals surface area contributed by atoms with Gasteiger partial charge in [0.05, 0.1) is 6.54 Å². The molecule has 0 saturated carbocycles. The number of unbranched alkanes of at least 4 members (excludes halogenated alkanes) is 1. The number of aliphatic imine (C=N–C) groups is 1. The van der Waals surface area contributed by atoms with Crippen LogP contribution in [0.25, 0.3) is 0 Å². The maximum absolute atomic E-state index is 12.9. The van der Waals surface area contributed by atoms with Crippen LogP contribution in [0.4, 0.5) is 8.78 Å². The number of guanidine groups is 1. The fraction of sp³-hybridized carbons (Fsp3) is 0.462. The molecule has 4 nitrogen and oxygen atoms in total. The van der Waals surface area contributed by atoms with Crippen LogP contribution in [-0.2, 0) is 0 Å². The second-order valence-corrected chi connectivity index (χ2v) is 3.97. The molecule has 0 aliphatic carbocycles. The van der Waals surface area contributed by atoms with E-state index in [1.54, 1.807) is 0 Å². The van der Waals surface area contributed by atoms with Crippen molar-refractivity contribution < 1.29 is 13.5 Å². The number of nitrogens with two attached hydrogens (primary N) is 1. The molecule has 1 aromatic carbocycles. The second-order valence-electron chi connectivity index (χ2n) is 3.97. The Balaban J connectivity index is 2.23. The molecular weight excluding hydrogens is 252 g/mol. The predicted octanol–water partition coefficient (Wildman–Crippen LogP) is 2.05. The summed E-state index contributed by atoms with van der Waals surface area (Å²) in [4.78, 5) is 4.10. The van der Waals surface area contributed by atoms with E-state index in [0.29, 0.717) is 19.0 Å². The Kier molecular flexibility index (Phi) is 6.63. The van der Waals surface area contributed by atoms with E-state index in [1.165, 1.54) is 6.07 Å². The summed E-state index contributed by atoms with van der Waals surface area (Å²) in [7, 11) is 0. The third kappa shape index (κ3) is 6.03. The summed E-state index contributed by atoms with van der Waals surface area (Å²) in [5, 5.41) is 2.87. The highest BCUT2D eigenvalue weighted by atomic mass is 19.2. The van der Waals surface area contributed by atoms with Gasteiger partial charge in [-0.15, -0.1) is 0 Å². The molecule has 6 heteroatoms. The van der Waals surface area contributed by atoms with Crippen LogP contribution in [0.3, 0.4) is 0 Å². The van der Waals surface area contributed by atoms with E-state index < -0.39 is 11.6 Å². The summed E-state index contributed by atoms with van der Waals surface area (Å²) in [5.41, 5.74) is 5.61. The summed E-state index contributed by atoms with van der Waals surface area (Å²) in [6.45, 7) is 3.50. The molecule has 19 heavy (non-hydrogen) atoms. The van der Waals surface area contributed by atoms with Gasteiger partial charge < -0.3 is 15.8 Å². The molecule has 106 valence electrons. The highest BCUT2D eigenvalue weighted by Gasteiger charge is 2.02. The third-order valence-electron chi connectivity index (χ3n) is 2.36. The van der Waals surface area contributed by atoms with Gasteiger partial charge in [0.1, 0.15) is 12.4 Å². The van der Waals surface area contributed by atoms with E-state index in [0.717, 1.165) is 25.0 Å². The van der Waals surface area contributed by atoms with Gasteiger partial charge >= 0.3 is 0 Å². The SMILES string of the molecule is CCCCN=C(N)NCCOc1ccc(F)c(F)c1. The molecule has 0 fully saturated rings. The second kappa shape index (κ2) is 8.29. The molecule has 0 aliphatic heterocycles. The first kappa shape index (κ1) is 15.2. The molecule has 0 spiro atoms. The molecule has 0 amide bonds. The summed E-state index contributed by atoms with van der Waals surface area (Å²) < 4.78 is 30.8. The van der Waals surface area contributed by atoms with Crippen molar-refractivity contribution in [1.29, 1.82) is 0 Å². The minimum atomic E-state index is -0.925. The molecule has 3 N–H and O–H groups in total. The molecule has 0 bridgehead atoms. The van der Waals surface area contributed by atoms with Crippen molar-refractivity contribution in [2.24, 2.45) is 10.7 Å². The lowest BCUT2D eigenvalue weighted by molar-refractivity contribution is 0.319. The fourth-order valence-electron chi connectivity index (χ4n) is 1.33. The third-order valence-corrected chi connectivity index (χ3v) is 2.36. The van der Waals surface area contributed by atoms with Gasteiger partial charge in [-0.2, -0.15) is 0 Å². The number of nitrogens with one attached hydrogen (secondary N) is 1. The van der Waals surface area contributed by atoms with Crippen LogP contribution in [0.5, 0.6) is 5.75 Å². The molecule has 0 aliphatic rings. The minimum Gasteiger partial charge on any atom is -0.492 e. The van der Waals surface area contributed by atoms with E-state index in [9.17, 15) is 8.78 Å². The number of hydrogen-bond acceptors (Lipinski definition) is 2. The Morgan fingerprint density at radius 3 is 2.84 bits per heavy atom. The lowest BCUT2D eigenvalue weighted by atomic mass is 10.3. The quantitative estimate of drug-likeness (QED) is 0.453. The molecule has 0 radical (unpaired) electrons. The smallest absolute Gasteiger partial charge is 0.188 e. The zero-order valence-electron chi connectivity index (χ0n) is 11.0. The van der Waals surface area contributed by atoms with Crippen molar-refractivity contribution in [2.75, 3.05) is 19.7 Å². The molecular formula is C13H19F2N3O. The van der Waals surface area contributed by atoms with Crippen LogP contribution in [0.2, 0.25) is 0 Å². The van der Waals surface area contributed by atoms with Crippen molar-refractivity contribution in [3.05, 3.63) is 29.8 Å². The molecule has 0 heterocycles. The summed E-state index contributed by atoms with van der Waals surface area (Å²) in [6, 6.07) is 3.41. The Morgan fingerprint density at radius 2 is 2.16 bits per heavy atom. The van der Waals surface area contributed by atoms with Gasteiger partial charge in [-0.3, -0.25) is 4.99 Å². The largest absolute Gasteiger partial charge is 0.492 e. The highest BCUT2D eigenvalue weighted by molar-refractivity contribution is 5.77. The molecule has 0 aromatic heterocycles. The monoisotopic (exact) mass is 271 g/mol. The number of rotatable bonds is 7. The van der Waals surface area contributed by atoms with E-state index in [4.69, 9.17) is 10.5 Å². The average Bonchev–Trinajstić information content (AvgIpc) is 2.39. The highest BCUT2D eigenvalue weighted by Crippen LogP contribution is 2.14. The van der Waals surface area contributed by atoms with Crippen molar-refractivity contribution in [2.45, 2.75) is 19.8 Å². The van der Waals surface area contributed by atoms with Crippen LogP contribution < -0.4 is 15.8 Å². The lowest BCUT2D eigenvalue weighted by Gasteiger charge is -2.08. The first-order chi connectivity index (χ1) is 9.13. The van der Waals surface area contributed by atoms with Gasteiger partial charge in [0, 0.05) is 12.6 Å². The van der Waals surface area contributed by atoms with E-state index >= 15 is 0 Å². The number of halogens is 2. The summed E-state index contributed by atoms with van der Waals surface area (Å²) in [6.07, 6.45) is 2.06. The normalized spacial score (nSPS) is 11.4. The van der Waals surface area contributed by atoms with Crippen molar-refractivity contribution >= 4 is 5.96 Å². The summed E-state index contributed by atoms with van der Waals surface area (Å²) in [5.74, 6) is -1.17. The van der Waals surface area contributed by atoms with Gasteiger partial charge in [0.25, 0.3) is 0 Å². The lowest BCUT2D eigenvalue weighted by Crippen LogP contribution is -2.34. The van der Waals surface area contributed by atoms with Gasteiger partial charge in [0.2, 0.25) is 0 Å². The molecule has 0 unspecified atom stereocenters. The van der Waals surface area contributed by atoms with E-state index in [1.807, 2.05) is 0 Å². The number of ether oxygens (including phenoxy) is 1. The molecule has 0 saturated heterocycles. The summed E-state index contributed by atoms with van der Waals surface area (Å²) >= 11 is 0. The average molecular weight is 271 g/mol. The first-order valence-electron chi connectivity index (χ1n) is 6.25. The van der Waals surface area contributed by atoms with Crippen molar-refractivity contribution in [3.63, 3.8) is 0 Å². The van der Waals surface area contributed by atoms with E-state index in [2.05, 4.69) is 17.2 Å². The Morgan fingerprint density at radius 1 is 1.37 bits per heavy atom. The maximum Gasteiger partial charge on any atom is 0.188 e. The minimum absolute atomic E-state index is 0.280. The Bertz CT molecular complexity index is 424.